The molecule has 0 atom stereocenters. The number of anilines is 1. The second-order valence-electron chi connectivity index (χ2n) is 5.29. The molecule has 3 aromatic heterocycles. The van der Waals surface area contributed by atoms with Crippen molar-refractivity contribution in [3.8, 4) is 22.7 Å². The van der Waals surface area contributed by atoms with E-state index >= 15 is 0 Å². The van der Waals surface area contributed by atoms with Gasteiger partial charge in [-0.05, 0) is 54.4 Å². The highest BCUT2D eigenvalue weighted by Gasteiger charge is 2.13. The maximum atomic E-state index is 6.12. The van der Waals surface area contributed by atoms with Crippen molar-refractivity contribution in [2.45, 2.75) is 6.92 Å². The monoisotopic (exact) mass is 324 g/mol. The fourth-order valence-electron chi connectivity index (χ4n) is 2.48. The first-order valence-electron chi connectivity index (χ1n) is 7.09. The predicted octanol–water partition coefficient (Wildman–Crippen LogP) is 4.20. The Morgan fingerprint density at radius 3 is 2.52 bits per heavy atom. The molecule has 0 fully saturated rings. The standard InChI is InChI=1S/C17H13ClN4O/c1-10-2-7-14(23-10)17-20-16-9-12(8-15(19)22(16)21-17)11-3-5-13(18)6-4-11/h2-9H,19H2,1H3. The van der Waals surface area contributed by atoms with Crippen molar-refractivity contribution in [2.24, 2.45) is 0 Å². The molecule has 4 rings (SSSR count). The van der Waals surface area contributed by atoms with Crippen LogP contribution < -0.4 is 5.73 Å². The molecule has 0 spiro atoms. The van der Waals surface area contributed by atoms with Gasteiger partial charge in [-0.1, -0.05) is 23.7 Å². The first-order valence-corrected chi connectivity index (χ1v) is 7.47. The summed E-state index contributed by atoms with van der Waals surface area (Å²) in [6.45, 7) is 1.88. The number of aryl methyl sites for hydroxylation is 1. The zero-order chi connectivity index (χ0) is 16.0. The number of fused-ring (bicyclic) bond motifs is 1. The van der Waals surface area contributed by atoms with Crippen molar-refractivity contribution in [3.05, 3.63) is 59.3 Å². The Morgan fingerprint density at radius 1 is 1.04 bits per heavy atom. The van der Waals surface area contributed by atoms with Crippen LogP contribution in [-0.4, -0.2) is 14.6 Å². The van der Waals surface area contributed by atoms with Crippen LogP contribution in [0.25, 0.3) is 28.4 Å². The van der Waals surface area contributed by atoms with E-state index in [9.17, 15) is 0 Å². The molecule has 0 radical (unpaired) electrons. The Balaban J connectivity index is 1.85. The molecule has 23 heavy (non-hydrogen) atoms. The van der Waals surface area contributed by atoms with E-state index in [0.717, 1.165) is 16.9 Å². The van der Waals surface area contributed by atoms with Gasteiger partial charge in [0.1, 0.15) is 11.6 Å². The molecule has 0 bridgehead atoms. The number of nitrogen functional groups attached to an aromatic ring is 1. The highest BCUT2D eigenvalue weighted by molar-refractivity contribution is 6.30. The van der Waals surface area contributed by atoms with Gasteiger partial charge in [0.05, 0.1) is 0 Å². The molecule has 0 aliphatic rings. The average Bonchev–Trinajstić information content (AvgIpc) is 3.14. The van der Waals surface area contributed by atoms with Crippen LogP contribution in [0.4, 0.5) is 5.82 Å². The summed E-state index contributed by atoms with van der Waals surface area (Å²) in [5, 5.41) is 5.11. The Labute approximate surface area is 137 Å². The van der Waals surface area contributed by atoms with Gasteiger partial charge in [0.2, 0.25) is 5.82 Å². The van der Waals surface area contributed by atoms with E-state index in [1.165, 1.54) is 0 Å². The van der Waals surface area contributed by atoms with Crippen molar-refractivity contribution < 1.29 is 4.42 Å². The largest absolute Gasteiger partial charge is 0.458 e. The van der Waals surface area contributed by atoms with E-state index in [1.54, 1.807) is 4.52 Å². The molecule has 0 amide bonds. The number of rotatable bonds is 2. The number of pyridine rings is 1. The highest BCUT2D eigenvalue weighted by atomic mass is 35.5. The van der Waals surface area contributed by atoms with Crippen molar-refractivity contribution in [1.29, 1.82) is 0 Å². The Kier molecular flexibility index (Phi) is 3.09. The molecule has 0 saturated heterocycles. The lowest BCUT2D eigenvalue weighted by molar-refractivity contribution is 0.544. The molecular weight excluding hydrogens is 312 g/mol. The van der Waals surface area contributed by atoms with Crippen LogP contribution in [0.1, 0.15) is 5.76 Å². The van der Waals surface area contributed by atoms with Crippen molar-refractivity contribution in [1.82, 2.24) is 14.6 Å². The second-order valence-corrected chi connectivity index (χ2v) is 5.73. The first-order chi connectivity index (χ1) is 11.1. The van der Waals surface area contributed by atoms with Gasteiger partial charge in [0, 0.05) is 5.02 Å². The quantitative estimate of drug-likeness (QED) is 0.600. The number of nitrogens with zero attached hydrogens (tertiary/aromatic N) is 3. The van der Waals surface area contributed by atoms with Gasteiger partial charge in [-0.3, -0.25) is 0 Å². The van der Waals surface area contributed by atoms with Crippen LogP contribution >= 0.6 is 11.6 Å². The Bertz CT molecular complexity index is 1000. The van der Waals surface area contributed by atoms with E-state index in [1.807, 2.05) is 55.5 Å². The Morgan fingerprint density at radius 2 is 1.83 bits per heavy atom. The Hall–Kier alpha value is -2.79. The van der Waals surface area contributed by atoms with Crippen LogP contribution in [0.15, 0.2) is 52.9 Å². The third-order valence-corrected chi connectivity index (χ3v) is 3.86. The number of aromatic nitrogens is 3. The number of benzene rings is 1. The van der Waals surface area contributed by atoms with Gasteiger partial charge < -0.3 is 10.2 Å². The molecule has 6 heteroatoms. The summed E-state index contributed by atoms with van der Waals surface area (Å²) in [5.41, 5.74) is 8.77. The van der Waals surface area contributed by atoms with Crippen molar-refractivity contribution in [2.75, 3.05) is 5.73 Å². The molecule has 114 valence electrons. The van der Waals surface area contributed by atoms with E-state index in [4.69, 9.17) is 21.8 Å². The molecule has 2 N–H and O–H groups in total. The lowest BCUT2D eigenvalue weighted by Gasteiger charge is -2.04. The summed E-state index contributed by atoms with van der Waals surface area (Å²) in [5.74, 6) is 2.46. The minimum Gasteiger partial charge on any atom is -0.458 e. The number of nitrogens with two attached hydrogens (primary N) is 1. The SMILES string of the molecule is Cc1ccc(-c2nc3cc(-c4ccc(Cl)cc4)cc(N)n3n2)o1. The summed E-state index contributed by atoms with van der Waals surface area (Å²) in [6.07, 6.45) is 0. The number of halogens is 1. The fourth-order valence-corrected chi connectivity index (χ4v) is 2.60. The highest BCUT2D eigenvalue weighted by Crippen LogP contribution is 2.26. The molecule has 0 aliphatic heterocycles. The summed E-state index contributed by atoms with van der Waals surface area (Å²) in [4.78, 5) is 4.51. The van der Waals surface area contributed by atoms with Crippen molar-refractivity contribution in [3.63, 3.8) is 0 Å². The van der Waals surface area contributed by atoms with Crippen molar-refractivity contribution >= 4 is 23.1 Å². The van der Waals surface area contributed by atoms with E-state index in [2.05, 4.69) is 10.1 Å². The normalized spacial score (nSPS) is 11.2. The molecule has 3 heterocycles. The van der Waals surface area contributed by atoms with Gasteiger partial charge in [-0.2, -0.15) is 4.52 Å². The topological polar surface area (TPSA) is 69.3 Å². The zero-order valence-electron chi connectivity index (χ0n) is 12.3. The van der Waals surface area contributed by atoms with Crippen LogP contribution in [0.5, 0.6) is 0 Å². The lowest BCUT2D eigenvalue weighted by atomic mass is 10.1. The minimum atomic E-state index is 0.509. The molecular formula is C17H13ClN4O. The second kappa shape index (κ2) is 5.14. The van der Waals surface area contributed by atoms with Gasteiger partial charge in [-0.25, -0.2) is 4.98 Å². The molecule has 0 unspecified atom stereocenters. The summed E-state index contributed by atoms with van der Waals surface area (Å²) in [6, 6.07) is 15.1. The summed E-state index contributed by atoms with van der Waals surface area (Å²) < 4.78 is 7.18. The lowest BCUT2D eigenvalue weighted by Crippen LogP contribution is -1.98. The predicted molar refractivity (Wildman–Crippen MR) is 90.3 cm³/mol. The molecule has 0 aliphatic carbocycles. The summed E-state index contributed by atoms with van der Waals surface area (Å²) in [7, 11) is 0. The van der Waals surface area contributed by atoms with E-state index < -0.39 is 0 Å². The zero-order valence-corrected chi connectivity index (χ0v) is 13.1. The first kappa shape index (κ1) is 13.8. The maximum absolute atomic E-state index is 6.12. The van der Waals surface area contributed by atoms with Crippen LogP contribution in [0.3, 0.4) is 0 Å². The van der Waals surface area contributed by atoms with E-state index in [0.29, 0.717) is 28.1 Å². The number of hydrogen-bond donors (Lipinski definition) is 1. The van der Waals surface area contributed by atoms with Crippen LogP contribution in [0.2, 0.25) is 5.02 Å². The average molecular weight is 325 g/mol. The van der Waals surface area contributed by atoms with Gasteiger partial charge >= 0.3 is 0 Å². The van der Waals surface area contributed by atoms with Crippen LogP contribution in [-0.2, 0) is 0 Å². The number of furan rings is 1. The minimum absolute atomic E-state index is 0.509. The smallest absolute Gasteiger partial charge is 0.217 e. The summed E-state index contributed by atoms with van der Waals surface area (Å²) >= 11 is 5.94. The maximum Gasteiger partial charge on any atom is 0.217 e. The van der Waals surface area contributed by atoms with Gasteiger partial charge in [-0.15, -0.1) is 5.10 Å². The molecule has 4 aromatic rings. The van der Waals surface area contributed by atoms with Crippen LogP contribution in [0, 0.1) is 6.92 Å². The van der Waals surface area contributed by atoms with Gasteiger partial charge in [0.25, 0.3) is 0 Å². The number of hydrogen-bond acceptors (Lipinski definition) is 4. The van der Waals surface area contributed by atoms with E-state index in [-0.39, 0.29) is 0 Å². The molecule has 1 aromatic carbocycles. The molecule has 5 nitrogen and oxygen atoms in total. The third kappa shape index (κ3) is 2.45. The third-order valence-electron chi connectivity index (χ3n) is 3.60. The van der Waals surface area contributed by atoms with Gasteiger partial charge in [0.15, 0.2) is 11.4 Å². The fraction of sp³-hybridized carbons (Fsp3) is 0.0588. The molecule has 0 saturated carbocycles.